The van der Waals surface area contributed by atoms with Gasteiger partial charge >= 0.3 is 12.2 Å². The summed E-state index contributed by atoms with van der Waals surface area (Å²) in [7, 11) is 0. The van der Waals surface area contributed by atoms with Crippen molar-refractivity contribution in [1.82, 2.24) is 4.90 Å². The smallest absolute Gasteiger partial charge is 0.417 e. The molecule has 8 heteroatoms. The maximum atomic E-state index is 10.6. The lowest BCUT2D eigenvalue weighted by Crippen LogP contribution is -2.33. The molecule has 0 saturated heterocycles. The summed E-state index contributed by atoms with van der Waals surface area (Å²) in [5, 5.41) is 20.7. The first-order valence-electron chi connectivity index (χ1n) is 4.76. The van der Waals surface area contributed by atoms with Crippen molar-refractivity contribution in [2.45, 2.75) is 6.54 Å². The molecule has 0 spiro atoms. The van der Waals surface area contributed by atoms with E-state index in [2.05, 4.69) is 10.1 Å². The van der Waals surface area contributed by atoms with E-state index in [0.717, 1.165) is 0 Å². The minimum absolute atomic E-state index is 0.241. The van der Waals surface area contributed by atoms with Gasteiger partial charge in [-0.2, -0.15) is 0 Å². The standard InChI is InChI=1S/C10H11N3O5/c11-18-12-5-7-1-3-8(4-2-7)6-13(9(14)15)10(16)17/h1-5H,6,11H2,(H,14,15)(H,16,17)/b12-5-. The van der Waals surface area contributed by atoms with Crippen LogP contribution in [0.1, 0.15) is 11.1 Å². The van der Waals surface area contributed by atoms with Gasteiger partial charge in [-0.25, -0.2) is 14.5 Å². The van der Waals surface area contributed by atoms with Gasteiger partial charge < -0.3 is 15.2 Å². The first-order chi connectivity index (χ1) is 8.54. The maximum absolute atomic E-state index is 10.6. The monoisotopic (exact) mass is 253 g/mol. The summed E-state index contributed by atoms with van der Waals surface area (Å²) in [6.07, 6.45) is -1.69. The van der Waals surface area contributed by atoms with E-state index in [1.807, 2.05) is 0 Å². The third-order valence-corrected chi connectivity index (χ3v) is 2.04. The van der Waals surface area contributed by atoms with E-state index in [9.17, 15) is 9.59 Å². The number of rotatable bonds is 4. The molecule has 18 heavy (non-hydrogen) atoms. The Labute approximate surface area is 102 Å². The number of carboxylic acid groups (broad SMARTS) is 2. The minimum Gasteiger partial charge on any atom is -0.465 e. The number of nitrogens with two attached hydrogens (primary N) is 1. The SMILES string of the molecule is NO/N=C\c1ccc(CN(C(=O)O)C(=O)O)cc1. The highest BCUT2D eigenvalue weighted by atomic mass is 16.7. The van der Waals surface area contributed by atoms with Crippen LogP contribution < -0.4 is 5.90 Å². The summed E-state index contributed by atoms with van der Waals surface area (Å²) in [5.41, 5.74) is 1.21. The molecular weight excluding hydrogens is 242 g/mol. The fourth-order valence-corrected chi connectivity index (χ4v) is 1.20. The van der Waals surface area contributed by atoms with Crippen LogP contribution in [0.5, 0.6) is 0 Å². The highest BCUT2D eigenvalue weighted by Crippen LogP contribution is 2.07. The number of benzene rings is 1. The lowest BCUT2D eigenvalue weighted by Gasteiger charge is -2.13. The van der Waals surface area contributed by atoms with Gasteiger partial charge in [0.2, 0.25) is 0 Å². The average Bonchev–Trinajstić information content (AvgIpc) is 2.34. The second-order valence-corrected chi connectivity index (χ2v) is 3.23. The van der Waals surface area contributed by atoms with Crippen molar-refractivity contribution in [2.75, 3.05) is 0 Å². The fraction of sp³-hybridized carbons (Fsp3) is 0.100. The van der Waals surface area contributed by atoms with Gasteiger partial charge in [0.1, 0.15) is 0 Å². The molecule has 0 aliphatic heterocycles. The van der Waals surface area contributed by atoms with Crippen molar-refractivity contribution in [3.05, 3.63) is 35.4 Å². The molecule has 2 amide bonds. The Bertz CT molecular complexity index is 443. The topological polar surface area (TPSA) is 125 Å². The van der Waals surface area contributed by atoms with Gasteiger partial charge in [-0.05, 0) is 11.1 Å². The van der Waals surface area contributed by atoms with Crippen molar-refractivity contribution in [3.63, 3.8) is 0 Å². The van der Waals surface area contributed by atoms with Crippen LogP contribution in [0.2, 0.25) is 0 Å². The van der Waals surface area contributed by atoms with Gasteiger partial charge in [-0.1, -0.05) is 29.4 Å². The molecule has 1 aromatic rings. The summed E-state index contributed by atoms with van der Waals surface area (Å²) in [6, 6.07) is 6.41. The quantitative estimate of drug-likeness (QED) is 0.544. The number of amides is 2. The zero-order chi connectivity index (χ0) is 13.5. The Kier molecular flexibility index (Phi) is 4.64. The molecule has 0 radical (unpaired) electrons. The van der Waals surface area contributed by atoms with Crippen LogP contribution in [0, 0.1) is 0 Å². The predicted octanol–water partition coefficient (Wildman–Crippen LogP) is 1.07. The van der Waals surface area contributed by atoms with E-state index in [0.29, 0.717) is 11.1 Å². The Morgan fingerprint density at radius 3 is 2.28 bits per heavy atom. The molecular formula is C10H11N3O5. The van der Waals surface area contributed by atoms with Crippen LogP contribution in [-0.2, 0) is 11.5 Å². The van der Waals surface area contributed by atoms with E-state index >= 15 is 0 Å². The molecule has 0 aliphatic rings. The van der Waals surface area contributed by atoms with Crippen molar-refractivity contribution >= 4 is 18.4 Å². The third kappa shape index (κ3) is 3.76. The van der Waals surface area contributed by atoms with Gasteiger partial charge in [0.05, 0.1) is 12.8 Å². The number of nitrogens with zero attached hydrogens (tertiary/aromatic N) is 2. The molecule has 1 aromatic carbocycles. The van der Waals surface area contributed by atoms with Crippen molar-refractivity contribution < 1.29 is 24.7 Å². The molecule has 0 bridgehead atoms. The molecule has 0 fully saturated rings. The minimum atomic E-state index is -1.52. The van der Waals surface area contributed by atoms with Crippen LogP contribution >= 0.6 is 0 Å². The summed E-state index contributed by atoms with van der Waals surface area (Å²) in [4.78, 5) is 25.6. The van der Waals surface area contributed by atoms with Crippen molar-refractivity contribution in [3.8, 4) is 0 Å². The Balaban J connectivity index is 2.76. The molecule has 0 aliphatic carbocycles. The summed E-state index contributed by atoms with van der Waals surface area (Å²) in [6.45, 7) is -0.241. The molecule has 0 aromatic heterocycles. The number of hydrogen-bond acceptors (Lipinski definition) is 5. The molecule has 0 heterocycles. The molecule has 0 saturated carbocycles. The Morgan fingerprint density at radius 1 is 1.28 bits per heavy atom. The van der Waals surface area contributed by atoms with Crippen LogP contribution in [0.25, 0.3) is 0 Å². The van der Waals surface area contributed by atoms with E-state index < -0.39 is 12.2 Å². The van der Waals surface area contributed by atoms with E-state index in [-0.39, 0.29) is 11.4 Å². The lowest BCUT2D eigenvalue weighted by atomic mass is 10.1. The summed E-state index contributed by atoms with van der Waals surface area (Å²) < 4.78 is 0. The average molecular weight is 253 g/mol. The van der Waals surface area contributed by atoms with E-state index in [1.165, 1.54) is 6.21 Å². The van der Waals surface area contributed by atoms with Crippen LogP contribution in [-0.4, -0.2) is 33.5 Å². The van der Waals surface area contributed by atoms with Gasteiger partial charge in [0.15, 0.2) is 0 Å². The number of carbonyl (C=O) groups is 2. The number of oxime groups is 1. The number of hydrogen-bond donors (Lipinski definition) is 3. The van der Waals surface area contributed by atoms with Crippen LogP contribution in [0.3, 0.4) is 0 Å². The second kappa shape index (κ2) is 6.21. The largest absolute Gasteiger partial charge is 0.465 e. The highest BCUT2D eigenvalue weighted by molar-refractivity contribution is 5.85. The van der Waals surface area contributed by atoms with Gasteiger partial charge in [-0.3, -0.25) is 0 Å². The molecule has 0 atom stereocenters. The van der Waals surface area contributed by atoms with Crippen LogP contribution in [0.15, 0.2) is 29.4 Å². The van der Waals surface area contributed by atoms with Crippen molar-refractivity contribution in [2.24, 2.45) is 11.1 Å². The summed E-state index contributed by atoms with van der Waals surface area (Å²) >= 11 is 0. The molecule has 96 valence electrons. The van der Waals surface area contributed by atoms with Crippen LogP contribution in [0.4, 0.5) is 9.59 Å². The first-order valence-corrected chi connectivity index (χ1v) is 4.76. The summed E-state index contributed by atoms with van der Waals surface area (Å²) in [5.74, 6) is 4.70. The van der Waals surface area contributed by atoms with Gasteiger partial charge in [0.25, 0.3) is 0 Å². The third-order valence-electron chi connectivity index (χ3n) is 2.04. The Hall–Kier alpha value is -2.61. The molecule has 8 nitrogen and oxygen atoms in total. The molecule has 4 N–H and O–H groups in total. The van der Waals surface area contributed by atoms with E-state index in [4.69, 9.17) is 16.1 Å². The zero-order valence-electron chi connectivity index (χ0n) is 9.18. The fourth-order valence-electron chi connectivity index (χ4n) is 1.20. The normalized spacial score (nSPS) is 10.3. The zero-order valence-corrected chi connectivity index (χ0v) is 9.18. The molecule has 0 unspecified atom stereocenters. The second-order valence-electron chi connectivity index (χ2n) is 3.23. The highest BCUT2D eigenvalue weighted by Gasteiger charge is 2.19. The maximum Gasteiger partial charge on any atom is 0.417 e. The lowest BCUT2D eigenvalue weighted by molar-refractivity contribution is 0.120. The van der Waals surface area contributed by atoms with Gasteiger partial charge in [0, 0.05) is 0 Å². The first kappa shape index (κ1) is 13.5. The number of imide groups is 1. The van der Waals surface area contributed by atoms with E-state index in [1.54, 1.807) is 24.3 Å². The Morgan fingerprint density at radius 2 is 1.83 bits per heavy atom. The molecule has 1 rings (SSSR count). The van der Waals surface area contributed by atoms with Crippen molar-refractivity contribution in [1.29, 1.82) is 0 Å². The van der Waals surface area contributed by atoms with Gasteiger partial charge in [-0.15, -0.1) is 5.90 Å². The predicted molar refractivity (Wildman–Crippen MR) is 60.9 cm³/mol.